The first-order valence-electron chi connectivity index (χ1n) is 4.80. The van der Waals surface area contributed by atoms with E-state index in [4.69, 9.17) is 0 Å². The summed E-state index contributed by atoms with van der Waals surface area (Å²) in [6, 6.07) is 5.90. The number of nitrogens with zero attached hydrogens (tertiary/aromatic N) is 3. The number of nitro benzene ring substituents is 1. The highest BCUT2D eigenvalue weighted by Crippen LogP contribution is 2.23. The Morgan fingerprint density at radius 3 is 2.53 bits per heavy atom. The van der Waals surface area contributed by atoms with Crippen molar-refractivity contribution in [1.29, 1.82) is 0 Å². The first-order valence-corrected chi connectivity index (χ1v) is 5.79. The molecular formula is C10H9N3O3S. The van der Waals surface area contributed by atoms with E-state index in [2.05, 4.69) is 4.99 Å². The van der Waals surface area contributed by atoms with E-state index in [0.29, 0.717) is 16.6 Å². The van der Waals surface area contributed by atoms with Crippen molar-refractivity contribution >= 4 is 34.2 Å². The molecule has 0 aromatic heterocycles. The van der Waals surface area contributed by atoms with E-state index in [1.807, 2.05) is 0 Å². The van der Waals surface area contributed by atoms with Gasteiger partial charge in [-0.3, -0.25) is 19.8 Å². The average Bonchev–Trinajstić information content (AvgIpc) is 2.62. The molecule has 0 spiro atoms. The molecule has 1 amide bonds. The Morgan fingerprint density at radius 1 is 1.41 bits per heavy atom. The summed E-state index contributed by atoms with van der Waals surface area (Å²) >= 11 is 1.36. The van der Waals surface area contributed by atoms with Crippen LogP contribution >= 0.6 is 11.8 Å². The van der Waals surface area contributed by atoms with Crippen molar-refractivity contribution in [3.8, 4) is 0 Å². The second-order valence-electron chi connectivity index (χ2n) is 3.41. The fourth-order valence-electron chi connectivity index (χ4n) is 1.29. The van der Waals surface area contributed by atoms with Gasteiger partial charge in [0.2, 0.25) is 5.91 Å². The van der Waals surface area contributed by atoms with Crippen LogP contribution in [0.4, 0.5) is 11.4 Å². The predicted octanol–water partition coefficient (Wildman–Crippen LogP) is 1.79. The van der Waals surface area contributed by atoms with Crippen LogP contribution in [0.15, 0.2) is 29.3 Å². The summed E-state index contributed by atoms with van der Waals surface area (Å²) in [5.74, 6) is 0.401. The summed E-state index contributed by atoms with van der Waals surface area (Å²) in [6.07, 6.45) is 0. The topological polar surface area (TPSA) is 75.8 Å². The predicted molar refractivity (Wildman–Crippen MR) is 65.4 cm³/mol. The number of benzene rings is 1. The number of hydrogen-bond donors (Lipinski definition) is 0. The lowest BCUT2D eigenvalue weighted by molar-refractivity contribution is -0.384. The number of hydrogen-bond acceptors (Lipinski definition) is 5. The van der Waals surface area contributed by atoms with Crippen LogP contribution in [0, 0.1) is 10.1 Å². The zero-order valence-electron chi connectivity index (χ0n) is 8.99. The Labute approximate surface area is 101 Å². The van der Waals surface area contributed by atoms with Crippen LogP contribution in [0.2, 0.25) is 0 Å². The Bertz CT molecular complexity index is 498. The van der Waals surface area contributed by atoms with E-state index in [0.717, 1.165) is 0 Å². The molecule has 1 saturated heterocycles. The van der Waals surface area contributed by atoms with Crippen LogP contribution in [0.25, 0.3) is 0 Å². The summed E-state index contributed by atoms with van der Waals surface area (Å²) in [4.78, 5) is 27.0. The molecule has 6 nitrogen and oxygen atoms in total. The SMILES string of the molecule is CN1C(=O)CSC1=Nc1ccc([N+](=O)[O-])cc1. The van der Waals surface area contributed by atoms with Crippen molar-refractivity contribution in [2.75, 3.05) is 12.8 Å². The van der Waals surface area contributed by atoms with E-state index < -0.39 is 4.92 Å². The van der Waals surface area contributed by atoms with Gasteiger partial charge < -0.3 is 0 Å². The second-order valence-corrected chi connectivity index (χ2v) is 4.35. The minimum atomic E-state index is -0.461. The third kappa shape index (κ3) is 2.44. The minimum Gasteiger partial charge on any atom is -0.294 e. The third-order valence-electron chi connectivity index (χ3n) is 2.27. The fraction of sp³-hybridized carbons (Fsp3) is 0.200. The minimum absolute atomic E-state index is 0.00987. The van der Waals surface area contributed by atoms with Crippen molar-refractivity contribution in [2.45, 2.75) is 0 Å². The maximum absolute atomic E-state index is 11.3. The van der Waals surface area contributed by atoms with Crippen molar-refractivity contribution in [2.24, 2.45) is 4.99 Å². The van der Waals surface area contributed by atoms with Crippen LogP contribution < -0.4 is 0 Å². The molecule has 0 bridgehead atoms. The van der Waals surface area contributed by atoms with Gasteiger partial charge in [0.1, 0.15) is 0 Å². The Morgan fingerprint density at radius 2 is 2.06 bits per heavy atom. The summed E-state index contributed by atoms with van der Waals surface area (Å²) in [5.41, 5.74) is 0.622. The standard InChI is InChI=1S/C10H9N3O3S/c1-12-9(14)6-17-10(12)11-7-2-4-8(5-3-7)13(15)16/h2-5H,6H2,1H3. The van der Waals surface area contributed by atoms with Gasteiger partial charge in [0.05, 0.1) is 16.4 Å². The van der Waals surface area contributed by atoms with Gasteiger partial charge in [-0.25, -0.2) is 4.99 Å². The molecule has 1 aliphatic rings. The van der Waals surface area contributed by atoms with Crippen molar-refractivity contribution in [3.05, 3.63) is 34.4 Å². The molecule has 0 saturated carbocycles. The number of amidine groups is 1. The first kappa shape index (κ1) is 11.6. The highest BCUT2D eigenvalue weighted by atomic mass is 32.2. The van der Waals surface area contributed by atoms with E-state index >= 15 is 0 Å². The summed E-state index contributed by atoms with van der Waals surface area (Å²) in [5, 5.41) is 11.1. The van der Waals surface area contributed by atoms with E-state index in [1.54, 1.807) is 19.2 Å². The Hall–Kier alpha value is -1.89. The lowest BCUT2D eigenvalue weighted by Gasteiger charge is -2.07. The van der Waals surface area contributed by atoms with Crippen molar-refractivity contribution in [1.82, 2.24) is 4.90 Å². The number of non-ortho nitro benzene ring substituents is 1. The van der Waals surface area contributed by atoms with Gasteiger partial charge in [0.25, 0.3) is 5.69 Å². The molecule has 2 rings (SSSR count). The van der Waals surface area contributed by atoms with Crippen LogP contribution in [0.5, 0.6) is 0 Å². The monoisotopic (exact) mass is 251 g/mol. The lowest BCUT2D eigenvalue weighted by Crippen LogP contribution is -2.24. The largest absolute Gasteiger partial charge is 0.294 e. The van der Waals surface area contributed by atoms with Gasteiger partial charge in [-0.15, -0.1) is 0 Å². The number of aliphatic imine (C=N–C) groups is 1. The summed E-state index contributed by atoms with van der Waals surface area (Å²) in [6.45, 7) is 0. The zero-order chi connectivity index (χ0) is 12.4. The number of carbonyl (C=O) groups excluding carboxylic acids is 1. The zero-order valence-corrected chi connectivity index (χ0v) is 9.81. The number of nitro groups is 1. The van der Waals surface area contributed by atoms with Crippen molar-refractivity contribution < 1.29 is 9.72 Å². The molecule has 0 unspecified atom stereocenters. The molecule has 1 heterocycles. The molecule has 1 aliphatic heterocycles. The lowest BCUT2D eigenvalue weighted by atomic mass is 10.3. The smallest absolute Gasteiger partial charge is 0.269 e. The molecule has 0 N–H and O–H groups in total. The highest BCUT2D eigenvalue weighted by Gasteiger charge is 2.24. The number of carbonyl (C=O) groups is 1. The second kappa shape index (κ2) is 4.54. The quantitative estimate of drug-likeness (QED) is 0.593. The van der Waals surface area contributed by atoms with E-state index in [9.17, 15) is 14.9 Å². The Kier molecular flexibility index (Phi) is 3.10. The summed E-state index contributed by atoms with van der Waals surface area (Å²) in [7, 11) is 1.66. The molecule has 1 aromatic carbocycles. The number of rotatable bonds is 2. The maximum Gasteiger partial charge on any atom is 0.269 e. The highest BCUT2D eigenvalue weighted by molar-refractivity contribution is 8.15. The molecule has 88 valence electrons. The molecule has 1 aromatic rings. The molecule has 0 radical (unpaired) electrons. The van der Waals surface area contributed by atoms with Gasteiger partial charge in [-0.2, -0.15) is 0 Å². The van der Waals surface area contributed by atoms with Crippen LogP contribution in [0.1, 0.15) is 0 Å². The molecule has 7 heteroatoms. The fourth-order valence-corrected chi connectivity index (χ4v) is 2.20. The van der Waals surface area contributed by atoms with Gasteiger partial charge in [-0.1, -0.05) is 11.8 Å². The normalized spacial score (nSPS) is 17.8. The molecular weight excluding hydrogens is 242 g/mol. The molecule has 17 heavy (non-hydrogen) atoms. The Balaban J connectivity index is 2.22. The van der Waals surface area contributed by atoms with Gasteiger partial charge in [0, 0.05) is 19.2 Å². The van der Waals surface area contributed by atoms with Gasteiger partial charge in [-0.05, 0) is 12.1 Å². The van der Waals surface area contributed by atoms with E-state index in [-0.39, 0.29) is 11.6 Å². The number of thioether (sulfide) groups is 1. The maximum atomic E-state index is 11.3. The molecule has 1 fully saturated rings. The van der Waals surface area contributed by atoms with Crippen LogP contribution in [-0.2, 0) is 4.79 Å². The van der Waals surface area contributed by atoms with Crippen LogP contribution in [0.3, 0.4) is 0 Å². The van der Waals surface area contributed by atoms with Gasteiger partial charge >= 0.3 is 0 Å². The number of amides is 1. The van der Waals surface area contributed by atoms with Gasteiger partial charge in [0.15, 0.2) is 5.17 Å². The van der Waals surface area contributed by atoms with Crippen LogP contribution in [-0.4, -0.2) is 33.7 Å². The average molecular weight is 251 g/mol. The third-order valence-corrected chi connectivity index (χ3v) is 3.29. The first-order chi connectivity index (χ1) is 8.08. The van der Waals surface area contributed by atoms with Crippen molar-refractivity contribution in [3.63, 3.8) is 0 Å². The van der Waals surface area contributed by atoms with E-state index in [1.165, 1.54) is 28.8 Å². The summed E-state index contributed by atoms with van der Waals surface area (Å²) < 4.78 is 0. The molecule has 0 atom stereocenters. The molecule has 0 aliphatic carbocycles.